The first-order chi connectivity index (χ1) is 13.0. The van der Waals surface area contributed by atoms with Gasteiger partial charge in [-0.15, -0.1) is 0 Å². The van der Waals surface area contributed by atoms with E-state index in [0.29, 0.717) is 6.61 Å². The van der Waals surface area contributed by atoms with Gasteiger partial charge >= 0.3 is 0 Å². The Bertz CT molecular complexity index is 935. The zero-order valence-electron chi connectivity index (χ0n) is 15.2. The lowest BCUT2D eigenvalue weighted by Gasteiger charge is -2.37. The summed E-state index contributed by atoms with van der Waals surface area (Å²) in [6.07, 6.45) is 5.29. The molecule has 1 N–H and O–H groups in total. The van der Waals surface area contributed by atoms with Gasteiger partial charge in [0.15, 0.2) is 0 Å². The van der Waals surface area contributed by atoms with Gasteiger partial charge in [-0.2, -0.15) is 0 Å². The van der Waals surface area contributed by atoms with E-state index in [4.69, 9.17) is 4.74 Å². The molecule has 1 aliphatic carbocycles. The van der Waals surface area contributed by atoms with Gasteiger partial charge in [0.1, 0.15) is 12.4 Å². The van der Waals surface area contributed by atoms with Crippen LogP contribution in [0.5, 0.6) is 5.75 Å². The number of nitro groups is 1. The third-order valence-electron chi connectivity index (χ3n) is 5.29. The number of rotatable bonds is 5. The molecule has 1 aliphatic heterocycles. The van der Waals surface area contributed by atoms with Gasteiger partial charge in [-0.3, -0.25) is 10.1 Å². The summed E-state index contributed by atoms with van der Waals surface area (Å²) in [6.45, 7) is 6.31. The summed E-state index contributed by atoms with van der Waals surface area (Å²) in [7, 11) is 0. The number of ether oxygens (including phenoxy) is 1. The van der Waals surface area contributed by atoms with E-state index >= 15 is 0 Å². The first-order valence-electron chi connectivity index (χ1n) is 9.12. The maximum Gasteiger partial charge on any atom is 0.274 e. The van der Waals surface area contributed by atoms with Crippen molar-refractivity contribution >= 4 is 11.4 Å². The Labute approximate surface area is 158 Å². The lowest BCUT2D eigenvalue weighted by molar-refractivity contribution is -0.385. The maximum atomic E-state index is 11.5. The molecule has 0 aromatic heterocycles. The lowest BCUT2D eigenvalue weighted by Crippen LogP contribution is -2.29. The highest BCUT2D eigenvalue weighted by molar-refractivity contribution is 5.63. The van der Waals surface area contributed by atoms with E-state index in [9.17, 15) is 10.1 Å². The van der Waals surface area contributed by atoms with E-state index in [2.05, 4.69) is 30.1 Å². The second-order valence-electron chi connectivity index (χ2n) is 7.29. The third-order valence-corrected chi connectivity index (χ3v) is 5.29. The number of nitrogens with zero attached hydrogens (tertiary/aromatic N) is 1. The predicted molar refractivity (Wildman–Crippen MR) is 106 cm³/mol. The van der Waals surface area contributed by atoms with Crippen LogP contribution in [0, 0.1) is 16.0 Å². The standard InChI is InChI=1S/C22H22N2O3/c1-14(2)13-27-15-10-11-20-19(12-15)16-7-5-8-17(16)22(23-20)18-6-3-4-9-21(18)24(25)26/h3-7,9-12,16-17,22-23H,1,8,13H2,2H3. The van der Waals surface area contributed by atoms with Crippen molar-refractivity contribution in [3.8, 4) is 5.75 Å². The molecule has 5 nitrogen and oxygen atoms in total. The maximum absolute atomic E-state index is 11.5. The number of fused-ring (bicyclic) bond motifs is 3. The summed E-state index contributed by atoms with van der Waals surface area (Å²) in [6, 6.07) is 12.9. The summed E-state index contributed by atoms with van der Waals surface area (Å²) < 4.78 is 5.80. The summed E-state index contributed by atoms with van der Waals surface area (Å²) >= 11 is 0. The zero-order valence-corrected chi connectivity index (χ0v) is 15.2. The van der Waals surface area contributed by atoms with Crippen molar-refractivity contribution in [3.05, 3.63) is 88.0 Å². The van der Waals surface area contributed by atoms with Crippen LogP contribution < -0.4 is 10.1 Å². The average molecular weight is 362 g/mol. The van der Waals surface area contributed by atoms with Gasteiger partial charge in [-0.05, 0) is 48.6 Å². The van der Waals surface area contributed by atoms with Crippen LogP contribution >= 0.6 is 0 Å². The second kappa shape index (κ2) is 6.91. The van der Waals surface area contributed by atoms with Crippen LogP contribution in [-0.4, -0.2) is 11.5 Å². The van der Waals surface area contributed by atoms with E-state index in [0.717, 1.165) is 29.0 Å². The predicted octanol–water partition coefficient (Wildman–Crippen LogP) is 5.38. The van der Waals surface area contributed by atoms with E-state index in [1.54, 1.807) is 12.1 Å². The molecule has 0 saturated carbocycles. The second-order valence-corrected chi connectivity index (χ2v) is 7.29. The number of hydrogen-bond acceptors (Lipinski definition) is 4. The summed E-state index contributed by atoms with van der Waals surface area (Å²) in [5, 5.41) is 15.1. The van der Waals surface area contributed by atoms with Crippen LogP contribution in [0.3, 0.4) is 0 Å². The lowest BCUT2D eigenvalue weighted by atomic mass is 9.76. The number of nitro benzene ring substituents is 1. The van der Waals surface area contributed by atoms with Crippen LogP contribution in [-0.2, 0) is 0 Å². The minimum Gasteiger partial charge on any atom is -0.489 e. The van der Waals surface area contributed by atoms with Crippen LogP contribution in [0.1, 0.15) is 36.4 Å². The van der Waals surface area contributed by atoms with Crippen molar-refractivity contribution in [1.82, 2.24) is 0 Å². The van der Waals surface area contributed by atoms with Gasteiger partial charge < -0.3 is 10.1 Å². The summed E-state index contributed by atoms with van der Waals surface area (Å²) in [5.74, 6) is 1.29. The van der Waals surface area contributed by atoms with Gasteiger partial charge in [-0.1, -0.05) is 36.9 Å². The minimum absolute atomic E-state index is 0.0960. The smallest absolute Gasteiger partial charge is 0.274 e. The Morgan fingerprint density at radius 3 is 2.89 bits per heavy atom. The molecule has 0 bridgehead atoms. The van der Waals surface area contributed by atoms with Crippen molar-refractivity contribution in [2.24, 2.45) is 5.92 Å². The van der Waals surface area contributed by atoms with E-state index < -0.39 is 0 Å². The Morgan fingerprint density at radius 2 is 2.11 bits per heavy atom. The summed E-state index contributed by atoms with van der Waals surface area (Å²) in [4.78, 5) is 11.2. The Balaban J connectivity index is 1.71. The number of allylic oxidation sites excluding steroid dienone is 2. The highest BCUT2D eigenvalue weighted by Crippen LogP contribution is 2.51. The molecule has 3 unspecified atom stereocenters. The molecule has 138 valence electrons. The molecule has 0 radical (unpaired) electrons. The molecule has 5 heteroatoms. The van der Waals surface area contributed by atoms with Crippen molar-refractivity contribution in [2.45, 2.75) is 25.3 Å². The molecule has 3 atom stereocenters. The number of para-hydroxylation sites is 1. The molecule has 0 spiro atoms. The molecule has 2 aliphatic rings. The van der Waals surface area contributed by atoms with Crippen molar-refractivity contribution in [3.63, 3.8) is 0 Å². The van der Waals surface area contributed by atoms with Gasteiger partial charge in [0.05, 0.1) is 16.5 Å². The topological polar surface area (TPSA) is 64.4 Å². The van der Waals surface area contributed by atoms with Crippen LogP contribution in [0.2, 0.25) is 0 Å². The van der Waals surface area contributed by atoms with Gasteiger partial charge in [0, 0.05) is 17.7 Å². The fourth-order valence-corrected chi connectivity index (χ4v) is 4.09. The Morgan fingerprint density at radius 1 is 1.30 bits per heavy atom. The molecular weight excluding hydrogens is 340 g/mol. The van der Waals surface area contributed by atoms with Crippen molar-refractivity contribution in [2.75, 3.05) is 11.9 Å². The molecule has 2 aromatic rings. The van der Waals surface area contributed by atoms with Gasteiger partial charge in [-0.25, -0.2) is 0 Å². The Kier molecular flexibility index (Phi) is 4.44. The van der Waals surface area contributed by atoms with E-state index in [1.165, 1.54) is 5.56 Å². The summed E-state index contributed by atoms with van der Waals surface area (Å²) in [5.41, 5.74) is 4.08. The van der Waals surface area contributed by atoms with Crippen LogP contribution in [0.25, 0.3) is 0 Å². The molecule has 27 heavy (non-hydrogen) atoms. The zero-order chi connectivity index (χ0) is 19.0. The number of nitrogens with one attached hydrogen (secondary N) is 1. The van der Waals surface area contributed by atoms with E-state index in [1.807, 2.05) is 31.2 Å². The van der Waals surface area contributed by atoms with Crippen molar-refractivity contribution < 1.29 is 9.66 Å². The highest BCUT2D eigenvalue weighted by Gasteiger charge is 2.40. The molecule has 0 amide bonds. The number of anilines is 1. The van der Waals surface area contributed by atoms with E-state index in [-0.39, 0.29) is 28.5 Å². The Hall–Kier alpha value is -3.08. The van der Waals surface area contributed by atoms with Gasteiger partial charge in [0.2, 0.25) is 0 Å². The molecule has 0 saturated heterocycles. The largest absolute Gasteiger partial charge is 0.489 e. The monoisotopic (exact) mass is 362 g/mol. The van der Waals surface area contributed by atoms with Crippen LogP contribution in [0.15, 0.2) is 66.8 Å². The average Bonchev–Trinajstić information content (AvgIpc) is 3.15. The molecule has 0 fully saturated rings. The molecular formula is C22H22N2O3. The minimum atomic E-state index is -0.293. The fourth-order valence-electron chi connectivity index (χ4n) is 4.09. The quantitative estimate of drug-likeness (QED) is 0.441. The number of hydrogen-bond donors (Lipinski definition) is 1. The molecule has 1 heterocycles. The number of benzene rings is 2. The normalized spacial score (nSPS) is 22.5. The van der Waals surface area contributed by atoms with Crippen molar-refractivity contribution in [1.29, 1.82) is 0 Å². The SMILES string of the molecule is C=C(C)COc1ccc2c(c1)C1C=CCC1C(c1ccccc1[N+](=O)[O-])N2. The fraction of sp³-hybridized carbons (Fsp3) is 0.273. The first-order valence-corrected chi connectivity index (χ1v) is 9.12. The molecule has 4 rings (SSSR count). The third kappa shape index (κ3) is 3.21. The highest BCUT2D eigenvalue weighted by atomic mass is 16.6. The van der Waals surface area contributed by atoms with Crippen LogP contribution in [0.4, 0.5) is 11.4 Å². The van der Waals surface area contributed by atoms with Gasteiger partial charge in [0.25, 0.3) is 5.69 Å². The molecule has 2 aromatic carbocycles. The first kappa shape index (κ1) is 17.3.